The lowest BCUT2D eigenvalue weighted by Gasteiger charge is -2.21. The van der Waals surface area contributed by atoms with E-state index in [4.69, 9.17) is 36.6 Å². The van der Waals surface area contributed by atoms with Gasteiger partial charge in [-0.2, -0.15) is 0 Å². The highest BCUT2D eigenvalue weighted by Crippen LogP contribution is 2.42. The first-order valence-electron chi connectivity index (χ1n) is 9.16. The Labute approximate surface area is 190 Å². The van der Waals surface area contributed by atoms with Crippen LogP contribution in [0, 0.1) is 0 Å². The molecular weight excluding hydrogens is 485 g/mol. The molecule has 3 aromatic rings. The first kappa shape index (κ1) is 23.4. The first-order chi connectivity index (χ1) is 15.2. The maximum Gasteiger partial charge on any atom is 0.469 e. The van der Waals surface area contributed by atoms with Gasteiger partial charge >= 0.3 is 7.82 Å². The summed E-state index contributed by atoms with van der Waals surface area (Å²) in [5.74, 6) is 0.153. The lowest BCUT2D eigenvalue weighted by atomic mass is 10.1. The van der Waals surface area contributed by atoms with Crippen molar-refractivity contribution in [3.05, 3.63) is 35.6 Å². The van der Waals surface area contributed by atoms with Gasteiger partial charge in [0, 0.05) is 17.0 Å². The monoisotopic (exact) mass is 503 g/mol. The minimum Gasteiger partial charge on any atom is -0.387 e. The third-order valence-corrected chi connectivity index (χ3v) is 6.46. The van der Waals surface area contributed by atoms with Crippen LogP contribution in [-0.2, 0) is 18.6 Å². The molecule has 0 unspecified atom stereocenters. The third kappa shape index (κ3) is 4.76. The average molecular weight is 504 g/mol. The maximum absolute atomic E-state index is 11.1. The highest BCUT2D eigenvalue weighted by molar-refractivity contribution is 7.99. The van der Waals surface area contributed by atoms with E-state index in [0.29, 0.717) is 21.3 Å². The van der Waals surface area contributed by atoms with E-state index in [-0.39, 0.29) is 5.82 Å². The number of rotatable bonds is 7. The molecule has 1 aliphatic heterocycles. The Balaban J connectivity index is 1.75. The van der Waals surface area contributed by atoms with Crippen molar-refractivity contribution in [2.45, 2.75) is 34.6 Å². The molecule has 3 heterocycles. The van der Waals surface area contributed by atoms with Gasteiger partial charge in [-0.1, -0.05) is 23.4 Å². The largest absolute Gasteiger partial charge is 0.469 e. The molecule has 1 aliphatic rings. The summed E-state index contributed by atoms with van der Waals surface area (Å²) >= 11 is 7.24. The van der Waals surface area contributed by atoms with Gasteiger partial charge in [-0.05, 0) is 24.3 Å². The number of aromatic nitrogens is 4. The number of ether oxygens (including phenoxy) is 2. The van der Waals surface area contributed by atoms with E-state index >= 15 is 0 Å². The standard InChI is InChI=1S/C17H19ClN5O7PS/c1-28-13-12(24)10(6-29-31(25,26)27)30-16(13)23-15-11(14(19)20-7-21-15)22-17(23)32-9-4-2-8(18)3-5-9/h2-5,7,10,12-13,16,24H,6H2,1H3,(H2,19,20,21)(H2,25,26,27)/t10-,12-,13-,16-/m1/s1. The molecule has 2 aromatic heterocycles. The normalized spacial score (nSPS) is 23.8. The van der Waals surface area contributed by atoms with Crippen LogP contribution in [-0.4, -0.2) is 66.4 Å². The Hall–Kier alpha value is -1.80. The number of aliphatic hydroxyl groups excluding tert-OH is 1. The molecular formula is C17H19ClN5O7PS. The van der Waals surface area contributed by atoms with Crippen LogP contribution in [0.4, 0.5) is 5.82 Å². The lowest BCUT2D eigenvalue weighted by Crippen LogP contribution is -2.35. The molecule has 5 N–H and O–H groups in total. The van der Waals surface area contributed by atoms with Crippen molar-refractivity contribution in [2.75, 3.05) is 19.5 Å². The van der Waals surface area contributed by atoms with Gasteiger partial charge in [0.25, 0.3) is 0 Å². The second kappa shape index (κ2) is 9.21. The summed E-state index contributed by atoms with van der Waals surface area (Å²) < 4.78 is 28.6. The minimum absolute atomic E-state index is 0.153. The van der Waals surface area contributed by atoms with Gasteiger partial charge in [-0.3, -0.25) is 9.09 Å². The zero-order valence-electron chi connectivity index (χ0n) is 16.5. The molecule has 4 atom stereocenters. The summed E-state index contributed by atoms with van der Waals surface area (Å²) in [5, 5.41) is 11.7. The molecule has 1 aromatic carbocycles. The van der Waals surface area contributed by atoms with Crippen LogP contribution in [0.3, 0.4) is 0 Å². The number of methoxy groups -OCH3 is 1. The summed E-state index contributed by atoms with van der Waals surface area (Å²) in [5.41, 5.74) is 6.65. The molecule has 0 amide bonds. The van der Waals surface area contributed by atoms with Crippen molar-refractivity contribution in [1.82, 2.24) is 19.5 Å². The van der Waals surface area contributed by atoms with Crippen LogP contribution in [0.15, 0.2) is 40.6 Å². The van der Waals surface area contributed by atoms with E-state index in [0.717, 1.165) is 4.90 Å². The van der Waals surface area contributed by atoms with Crippen molar-refractivity contribution in [3.8, 4) is 0 Å². The smallest absolute Gasteiger partial charge is 0.387 e. The molecule has 4 rings (SSSR count). The van der Waals surface area contributed by atoms with Crippen molar-refractivity contribution in [3.63, 3.8) is 0 Å². The molecule has 32 heavy (non-hydrogen) atoms. The predicted octanol–water partition coefficient (Wildman–Crippen LogP) is 1.60. The van der Waals surface area contributed by atoms with Crippen molar-refractivity contribution in [2.24, 2.45) is 0 Å². The quantitative estimate of drug-likeness (QED) is 0.343. The second-order valence-electron chi connectivity index (χ2n) is 6.79. The van der Waals surface area contributed by atoms with Gasteiger partial charge in [0.05, 0.1) is 6.61 Å². The Morgan fingerprint density at radius 1 is 1.31 bits per heavy atom. The molecule has 1 saturated heterocycles. The van der Waals surface area contributed by atoms with Gasteiger partial charge in [0.2, 0.25) is 0 Å². The van der Waals surface area contributed by atoms with Crippen LogP contribution in [0.25, 0.3) is 11.2 Å². The molecule has 1 fully saturated rings. The summed E-state index contributed by atoms with van der Waals surface area (Å²) in [6, 6.07) is 7.07. The zero-order valence-corrected chi connectivity index (χ0v) is 18.9. The fourth-order valence-electron chi connectivity index (χ4n) is 3.30. The average Bonchev–Trinajstić information content (AvgIpc) is 3.25. The van der Waals surface area contributed by atoms with E-state index in [1.54, 1.807) is 28.8 Å². The molecule has 172 valence electrons. The first-order valence-corrected chi connectivity index (χ1v) is 11.9. The maximum atomic E-state index is 11.1. The summed E-state index contributed by atoms with van der Waals surface area (Å²) in [6.07, 6.45) is -2.93. The Kier molecular flexibility index (Phi) is 6.73. The Morgan fingerprint density at radius 3 is 2.69 bits per heavy atom. The van der Waals surface area contributed by atoms with Crippen LogP contribution < -0.4 is 5.73 Å². The van der Waals surface area contributed by atoms with Crippen LogP contribution in [0.2, 0.25) is 5.02 Å². The third-order valence-electron chi connectivity index (χ3n) is 4.74. The number of hydrogen-bond donors (Lipinski definition) is 4. The van der Waals surface area contributed by atoms with Crippen LogP contribution in [0.1, 0.15) is 6.23 Å². The van der Waals surface area contributed by atoms with Gasteiger partial charge in [-0.15, -0.1) is 0 Å². The molecule has 0 aliphatic carbocycles. The second-order valence-corrected chi connectivity index (χ2v) is 9.51. The molecule has 0 bridgehead atoms. The van der Waals surface area contributed by atoms with Crippen molar-refractivity contribution < 1.29 is 33.5 Å². The van der Waals surface area contributed by atoms with E-state index in [9.17, 15) is 9.67 Å². The van der Waals surface area contributed by atoms with Crippen LogP contribution >= 0.6 is 31.2 Å². The highest BCUT2D eigenvalue weighted by Gasteiger charge is 2.47. The molecule has 0 spiro atoms. The van der Waals surface area contributed by atoms with E-state index in [2.05, 4.69) is 19.5 Å². The number of nitrogens with two attached hydrogens (primary N) is 1. The fraction of sp³-hybridized carbons (Fsp3) is 0.353. The number of hydrogen-bond acceptors (Lipinski definition) is 10. The van der Waals surface area contributed by atoms with Crippen molar-refractivity contribution in [1.29, 1.82) is 0 Å². The number of fused-ring (bicyclic) bond motifs is 1. The van der Waals surface area contributed by atoms with Crippen molar-refractivity contribution >= 4 is 48.2 Å². The number of anilines is 1. The molecule has 12 nitrogen and oxygen atoms in total. The molecule has 0 saturated carbocycles. The van der Waals surface area contributed by atoms with E-state index < -0.39 is 39.0 Å². The van der Waals surface area contributed by atoms with E-state index in [1.165, 1.54) is 25.2 Å². The fourth-order valence-corrected chi connectivity index (χ4v) is 4.68. The molecule has 0 radical (unpaired) electrons. The SMILES string of the molecule is CO[C@@H]1[C@H](O)[C@@H](COP(=O)(O)O)O[C@H]1n1c(Sc2ccc(Cl)cc2)nc2c(N)ncnc21. The number of nitrogen functional groups attached to an aromatic ring is 1. The Morgan fingerprint density at radius 2 is 2.03 bits per heavy atom. The van der Waals surface area contributed by atoms with Crippen LogP contribution in [0.5, 0.6) is 0 Å². The summed E-state index contributed by atoms with van der Waals surface area (Å²) in [4.78, 5) is 31.6. The predicted molar refractivity (Wildman–Crippen MR) is 114 cm³/mol. The number of benzene rings is 1. The zero-order chi connectivity index (χ0) is 23.0. The highest BCUT2D eigenvalue weighted by atomic mass is 35.5. The molecule has 15 heteroatoms. The van der Waals surface area contributed by atoms with Gasteiger partial charge in [0.15, 0.2) is 28.4 Å². The lowest BCUT2D eigenvalue weighted by molar-refractivity contribution is -0.0618. The topological polar surface area (TPSA) is 175 Å². The van der Waals surface area contributed by atoms with Gasteiger partial charge < -0.3 is 30.1 Å². The number of halogens is 1. The number of aliphatic hydroxyl groups is 1. The summed E-state index contributed by atoms with van der Waals surface area (Å²) in [7, 11) is -3.38. The van der Waals surface area contributed by atoms with E-state index in [1.807, 2.05) is 0 Å². The summed E-state index contributed by atoms with van der Waals surface area (Å²) in [6.45, 7) is -0.550. The number of phosphoric acid groups is 1. The Bertz CT molecular complexity index is 1160. The minimum atomic E-state index is -4.76. The number of phosphoric ester groups is 1. The van der Waals surface area contributed by atoms with Gasteiger partial charge in [-0.25, -0.2) is 19.5 Å². The van der Waals surface area contributed by atoms with Gasteiger partial charge in [0.1, 0.15) is 24.6 Å². The number of nitrogens with zero attached hydrogens (tertiary/aromatic N) is 4. The number of imidazole rings is 1.